The fourth-order valence-corrected chi connectivity index (χ4v) is 0.668. The lowest BCUT2D eigenvalue weighted by molar-refractivity contribution is 0.307. The molecule has 0 atom stereocenters. The van der Waals surface area contributed by atoms with Gasteiger partial charge < -0.3 is 5.11 Å². The summed E-state index contributed by atoms with van der Waals surface area (Å²) in [6.07, 6.45) is 3.36. The van der Waals surface area contributed by atoms with E-state index in [0.29, 0.717) is 6.54 Å². The largest absolute Gasteiger partial charge is 0.394 e. The van der Waals surface area contributed by atoms with E-state index in [0.717, 1.165) is 5.69 Å². The maximum atomic E-state index is 8.41. The molecule has 1 rings (SSSR count). The van der Waals surface area contributed by atoms with E-state index < -0.39 is 0 Å². The third kappa shape index (κ3) is 2.91. The Labute approximate surface area is 65.4 Å². The molecule has 11 heavy (non-hydrogen) atoms. The average Bonchev–Trinajstić information content (AvgIpc) is 2.07. The van der Waals surface area contributed by atoms with Crippen molar-refractivity contribution in [3.05, 3.63) is 30.1 Å². The first-order chi connectivity index (χ1) is 5.43. The monoisotopic (exact) mass is 150 g/mol. The number of aliphatic hydroxyl groups is 1. The Kier molecular flexibility index (Phi) is 3.28. The third-order valence-electron chi connectivity index (χ3n) is 1.14. The molecule has 0 saturated carbocycles. The van der Waals surface area contributed by atoms with Crippen molar-refractivity contribution in [1.29, 1.82) is 0 Å². The predicted octanol–water partition coefficient (Wildman–Crippen LogP) is 0.493. The summed E-state index contributed by atoms with van der Waals surface area (Å²) < 4.78 is 0. The van der Waals surface area contributed by atoms with E-state index in [4.69, 9.17) is 5.11 Å². The standard InChI is InChI=1S/C8H10N2O/c11-6-5-9-7-8-3-1-2-4-10-8/h1-4,7,11H,5-6H2/b9-7+. The number of rotatable bonds is 3. The molecule has 0 aliphatic carbocycles. The maximum absolute atomic E-state index is 8.41. The maximum Gasteiger partial charge on any atom is 0.0807 e. The first-order valence-electron chi connectivity index (χ1n) is 3.45. The van der Waals surface area contributed by atoms with Crippen LogP contribution in [0.5, 0.6) is 0 Å². The summed E-state index contributed by atoms with van der Waals surface area (Å²) in [7, 11) is 0. The molecule has 0 radical (unpaired) electrons. The second-order valence-electron chi connectivity index (χ2n) is 2.01. The van der Waals surface area contributed by atoms with Crippen LogP contribution in [0.2, 0.25) is 0 Å². The van der Waals surface area contributed by atoms with E-state index in [9.17, 15) is 0 Å². The van der Waals surface area contributed by atoms with Gasteiger partial charge in [-0.15, -0.1) is 0 Å². The van der Waals surface area contributed by atoms with Crippen LogP contribution in [0.25, 0.3) is 0 Å². The van der Waals surface area contributed by atoms with E-state index in [-0.39, 0.29) is 6.61 Å². The molecule has 0 bridgehead atoms. The van der Waals surface area contributed by atoms with E-state index in [1.807, 2.05) is 18.2 Å². The normalized spacial score (nSPS) is 10.6. The third-order valence-corrected chi connectivity index (χ3v) is 1.14. The van der Waals surface area contributed by atoms with Crippen molar-refractivity contribution in [2.75, 3.05) is 13.2 Å². The second-order valence-corrected chi connectivity index (χ2v) is 2.01. The molecule has 1 N–H and O–H groups in total. The highest BCUT2D eigenvalue weighted by molar-refractivity contribution is 5.76. The number of hydrogen-bond acceptors (Lipinski definition) is 3. The van der Waals surface area contributed by atoms with Gasteiger partial charge in [-0.1, -0.05) is 6.07 Å². The Morgan fingerprint density at radius 3 is 3.09 bits per heavy atom. The van der Waals surface area contributed by atoms with Crippen molar-refractivity contribution in [2.24, 2.45) is 4.99 Å². The summed E-state index contributed by atoms with van der Waals surface area (Å²) in [5.41, 5.74) is 0.820. The van der Waals surface area contributed by atoms with Crippen molar-refractivity contribution < 1.29 is 5.11 Å². The quantitative estimate of drug-likeness (QED) is 0.637. The van der Waals surface area contributed by atoms with Crippen LogP contribution in [0.3, 0.4) is 0 Å². The van der Waals surface area contributed by atoms with Crippen LogP contribution in [0.1, 0.15) is 5.69 Å². The van der Waals surface area contributed by atoms with Crippen molar-refractivity contribution >= 4 is 6.21 Å². The highest BCUT2D eigenvalue weighted by atomic mass is 16.3. The molecule has 0 spiro atoms. The second kappa shape index (κ2) is 4.57. The van der Waals surface area contributed by atoms with Crippen LogP contribution in [0.15, 0.2) is 29.4 Å². The first-order valence-corrected chi connectivity index (χ1v) is 3.45. The Morgan fingerprint density at radius 1 is 1.55 bits per heavy atom. The highest BCUT2D eigenvalue weighted by Gasteiger charge is 1.83. The molecule has 0 aliphatic heterocycles. The average molecular weight is 150 g/mol. The Balaban J connectivity index is 2.50. The molecule has 3 nitrogen and oxygen atoms in total. The van der Waals surface area contributed by atoms with Crippen molar-refractivity contribution in [3.63, 3.8) is 0 Å². The van der Waals surface area contributed by atoms with Gasteiger partial charge in [0.2, 0.25) is 0 Å². The highest BCUT2D eigenvalue weighted by Crippen LogP contribution is 1.87. The lowest BCUT2D eigenvalue weighted by Gasteiger charge is -1.88. The zero-order chi connectivity index (χ0) is 7.94. The molecular weight excluding hydrogens is 140 g/mol. The van der Waals surface area contributed by atoms with Gasteiger partial charge in [0.15, 0.2) is 0 Å². The minimum absolute atomic E-state index is 0.0866. The van der Waals surface area contributed by atoms with Gasteiger partial charge in [0.25, 0.3) is 0 Å². The molecule has 0 unspecified atom stereocenters. The number of pyridine rings is 1. The van der Waals surface area contributed by atoms with Gasteiger partial charge in [0.1, 0.15) is 0 Å². The summed E-state index contributed by atoms with van der Waals surface area (Å²) in [5, 5.41) is 8.41. The zero-order valence-corrected chi connectivity index (χ0v) is 6.14. The summed E-state index contributed by atoms with van der Waals surface area (Å²) in [4.78, 5) is 7.94. The molecular formula is C8H10N2O. The van der Waals surface area contributed by atoms with Crippen molar-refractivity contribution in [3.8, 4) is 0 Å². The van der Waals surface area contributed by atoms with Crippen molar-refractivity contribution in [1.82, 2.24) is 4.98 Å². The number of aromatic nitrogens is 1. The van der Waals surface area contributed by atoms with Crippen molar-refractivity contribution in [2.45, 2.75) is 0 Å². The van der Waals surface area contributed by atoms with Crippen LogP contribution in [0.4, 0.5) is 0 Å². The van der Waals surface area contributed by atoms with Gasteiger partial charge in [-0.25, -0.2) is 0 Å². The van der Waals surface area contributed by atoms with Gasteiger partial charge in [0, 0.05) is 12.4 Å². The SMILES string of the molecule is OCC/N=C/c1ccccn1. The van der Waals surface area contributed by atoms with E-state index in [2.05, 4.69) is 9.98 Å². The number of hydrogen-bond donors (Lipinski definition) is 1. The summed E-state index contributed by atoms with van der Waals surface area (Å²) in [6.45, 7) is 0.528. The minimum atomic E-state index is 0.0866. The first kappa shape index (κ1) is 7.88. The molecule has 0 aliphatic rings. The van der Waals surface area contributed by atoms with E-state index in [1.165, 1.54) is 0 Å². The fraction of sp³-hybridized carbons (Fsp3) is 0.250. The zero-order valence-electron chi connectivity index (χ0n) is 6.14. The van der Waals surface area contributed by atoms with E-state index >= 15 is 0 Å². The molecule has 1 heterocycles. The molecule has 0 saturated heterocycles. The van der Waals surface area contributed by atoms with Crippen LogP contribution < -0.4 is 0 Å². The Bertz CT molecular complexity index is 221. The summed E-state index contributed by atoms with van der Waals surface area (Å²) in [6, 6.07) is 5.61. The smallest absolute Gasteiger partial charge is 0.0807 e. The summed E-state index contributed by atoms with van der Waals surface area (Å²) >= 11 is 0. The van der Waals surface area contributed by atoms with Gasteiger partial charge in [-0.3, -0.25) is 9.98 Å². The van der Waals surface area contributed by atoms with Gasteiger partial charge in [0.05, 0.1) is 18.8 Å². The fourth-order valence-electron chi connectivity index (χ4n) is 0.668. The van der Waals surface area contributed by atoms with E-state index in [1.54, 1.807) is 12.4 Å². The molecule has 0 aromatic carbocycles. The van der Waals surface area contributed by atoms with Crippen LogP contribution in [-0.2, 0) is 0 Å². The number of aliphatic imine (C=N–C) groups is 1. The molecule has 0 amide bonds. The molecule has 0 fully saturated rings. The minimum Gasteiger partial charge on any atom is -0.394 e. The lowest BCUT2D eigenvalue weighted by atomic mass is 10.4. The number of nitrogens with zero attached hydrogens (tertiary/aromatic N) is 2. The van der Waals surface area contributed by atoms with Gasteiger partial charge in [-0.05, 0) is 12.1 Å². The van der Waals surface area contributed by atoms with Crippen LogP contribution in [0, 0.1) is 0 Å². The lowest BCUT2D eigenvalue weighted by Crippen LogP contribution is -1.90. The topological polar surface area (TPSA) is 45.5 Å². The van der Waals surface area contributed by atoms with Gasteiger partial charge in [-0.2, -0.15) is 0 Å². The molecule has 1 aromatic heterocycles. The number of aliphatic hydroxyl groups excluding tert-OH is 1. The predicted molar refractivity (Wildman–Crippen MR) is 43.8 cm³/mol. The summed E-state index contributed by atoms with van der Waals surface area (Å²) in [5.74, 6) is 0. The molecule has 58 valence electrons. The van der Waals surface area contributed by atoms with Gasteiger partial charge >= 0.3 is 0 Å². The Hall–Kier alpha value is -1.22. The van der Waals surface area contributed by atoms with Crippen LogP contribution >= 0.6 is 0 Å². The molecule has 3 heteroatoms. The Morgan fingerprint density at radius 2 is 2.45 bits per heavy atom. The van der Waals surface area contributed by atoms with Crippen LogP contribution in [-0.4, -0.2) is 29.5 Å². The molecule has 1 aromatic rings.